The van der Waals surface area contributed by atoms with E-state index in [0.29, 0.717) is 5.56 Å². The monoisotopic (exact) mass is 261 g/mol. The smallest absolute Gasteiger partial charge is 0.312 e. The van der Waals surface area contributed by atoms with Crippen LogP contribution in [0.2, 0.25) is 0 Å². The molecular weight excluding hydrogens is 247 g/mol. The number of alkyl halides is 3. The molecule has 0 aliphatic carbocycles. The molecule has 0 N–H and O–H groups in total. The lowest BCUT2D eigenvalue weighted by atomic mass is 10.1. The molecule has 0 heterocycles. The minimum atomic E-state index is -3.31. The van der Waals surface area contributed by atoms with Gasteiger partial charge in [0, 0.05) is 19.8 Å². The van der Waals surface area contributed by atoms with E-state index in [1.54, 1.807) is 24.3 Å². The van der Waals surface area contributed by atoms with E-state index in [4.69, 9.17) is 0 Å². The van der Waals surface area contributed by atoms with Crippen LogP contribution < -0.4 is 4.90 Å². The number of carbonyl (C=O) groups is 1. The third-order valence-corrected chi connectivity index (χ3v) is 2.24. The van der Waals surface area contributed by atoms with Crippen molar-refractivity contribution in [1.82, 2.24) is 0 Å². The van der Waals surface area contributed by atoms with Crippen molar-refractivity contribution in [2.75, 3.05) is 19.0 Å². The lowest BCUT2D eigenvalue weighted by Gasteiger charge is -2.13. The molecule has 0 saturated carbocycles. The molecule has 6 heteroatoms. The van der Waals surface area contributed by atoms with Gasteiger partial charge in [0.25, 0.3) is 0 Å². The molecule has 3 nitrogen and oxygen atoms in total. The normalized spacial score (nSPS) is 12.3. The highest BCUT2D eigenvalue weighted by Gasteiger charge is 2.23. The van der Waals surface area contributed by atoms with E-state index in [1.165, 1.54) is 0 Å². The van der Waals surface area contributed by atoms with Gasteiger partial charge in [0.05, 0.1) is 6.42 Å². The van der Waals surface area contributed by atoms with Gasteiger partial charge in [-0.25, -0.2) is 8.78 Å². The molecule has 0 saturated heterocycles. The molecule has 0 aliphatic heterocycles. The summed E-state index contributed by atoms with van der Waals surface area (Å²) in [5.41, 5.74) is 1.51. The summed E-state index contributed by atoms with van der Waals surface area (Å²) >= 11 is 0. The van der Waals surface area contributed by atoms with Crippen LogP contribution in [-0.2, 0) is 16.0 Å². The number of nitrogens with zero attached hydrogens (tertiary/aromatic N) is 1. The lowest BCUT2D eigenvalue weighted by Crippen LogP contribution is -2.22. The third kappa shape index (κ3) is 4.27. The van der Waals surface area contributed by atoms with Gasteiger partial charge >= 0.3 is 18.8 Å². The zero-order valence-electron chi connectivity index (χ0n) is 10.1. The molecule has 0 spiro atoms. The van der Waals surface area contributed by atoms with Crippen LogP contribution in [0.1, 0.15) is 5.56 Å². The van der Waals surface area contributed by atoms with Gasteiger partial charge < -0.3 is 9.64 Å². The first-order chi connectivity index (χ1) is 8.40. The second-order valence-electron chi connectivity index (χ2n) is 3.91. The first-order valence-electron chi connectivity index (χ1n) is 5.28. The number of esters is 1. The van der Waals surface area contributed by atoms with Crippen LogP contribution in [0.5, 0.6) is 0 Å². The van der Waals surface area contributed by atoms with E-state index in [1.807, 2.05) is 19.0 Å². The number of hydrogen-bond acceptors (Lipinski definition) is 3. The molecule has 0 bridgehead atoms. The van der Waals surface area contributed by atoms with Crippen molar-refractivity contribution in [1.29, 1.82) is 0 Å². The fraction of sp³-hybridized carbons (Fsp3) is 0.417. The Bertz CT molecular complexity index is 393. The van der Waals surface area contributed by atoms with Crippen LogP contribution >= 0.6 is 0 Å². The second kappa shape index (κ2) is 6.28. The molecule has 1 atom stereocenters. The fourth-order valence-electron chi connectivity index (χ4n) is 1.30. The summed E-state index contributed by atoms with van der Waals surface area (Å²) in [5, 5.41) is 0. The van der Waals surface area contributed by atoms with Crippen molar-refractivity contribution in [3.05, 3.63) is 29.8 Å². The van der Waals surface area contributed by atoms with Gasteiger partial charge in [-0.05, 0) is 17.7 Å². The van der Waals surface area contributed by atoms with Crippen LogP contribution in [0.3, 0.4) is 0 Å². The molecule has 0 amide bonds. The van der Waals surface area contributed by atoms with Crippen molar-refractivity contribution in [3.8, 4) is 0 Å². The Morgan fingerprint density at radius 3 is 2.22 bits per heavy atom. The average molecular weight is 261 g/mol. The van der Waals surface area contributed by atoms with Crippen molar-refractivity contribution in [2.24, 2.45) is 0 Å². The number of ether oxygens (including phenoxy) is 1. The third-order valence-electron chi connectivity index (χ3n) is 2.24. The summed E-state index contributed by atoms with van der Waals surface area (Å²) in [5.74, 6) is -1.01. The van der Waals surface area contributed by atoms with E-state index in [2.05, 4.69) is 4.74 Å². The Morgan fingerprint density at radius 1 is 1.22 bits per heavy atom. The highest BCUT2D eigenvalue weighted by molar-refractivity contribution is 5.72. The van der Waals surface area contributed by atoms with Crippen LogP contribution in [0.4, 0.5) is 18.9 Å². The predicted octanol–water partition coefficient (Wildman–Crippen LogP) is 2.40. The molecular formula is C12H14F3NO2. The van der Waals surface area contributed by atoms with Crippen LogP contribution in [0, 0.1) is 0 Å². The standard InChI is InChI=1S/C12H14F3NO2/c1-16(2)9-5-3-8(4-6-9)7-10(17)18-12(15)11(13)14/h3-6,11-12H,7H2,1-2H3. The average Bonchev–Trinajstić information content (AvgIpc) is 2.29. The zero-order chi connectivity index (χ0) is 13.7. The van der Waals surface area contributed by atoms with Crippen molar-refractivity contribution < 1.29 is 22.7 Å². The summed E-state index contributed by atoms with van der Waals surface area (Å²) < 4.78 is 40.0. The van der Waals surface area contributed by atoms with E-state index in [0.717, 1.165) is 5.69 Å². The lowest BCUT2D eigenvalue weighted by molar-refractivity contribution is -0.173. The van der Waals surface area contributed by atoms with Gasteiger partial charge in [-0.15, -0.1) is 0 Å². The molecule has 0 fully saturated rings. The Labute approximate surface area is 103 Å². The Balaban J connectivity index is 2.54. The van der Waals surface area contributed by atoms with E-state index in [9.17, 15) is 18.0 Å². The van der Waals surface area contributed by atoms with E-state index >= 15 is 0 Å². The number of carbonyl (C=O) groups excluding carboxylic acids is 1. The first-order valence-corrected chi connectivity index (χ1v) is 5.28. The van der Waals surface area contributed by atoms with Gasteiger partial charge in [0.15, 0.2) is 0 Å². The zero-order valence-corrected chi connectivity index (χ0v) is 10.1. The van der Waals surface area contributed by atoms with Gasteiger partial charge in [0.1, 0.15) is 0 Å². The minimum Gasteiger partial charge on any atom is -0.424 e. The molecule has 0 aromatic heterocycles. The topological polar surface area (TPSA) is 29.5 Å². The minimum absolute atomic E-state index is 0.235. The number of rotatable bonds is 5. The number of halogens is 3. The van der Waals surface area contributed by atoms with Gasteiger partial charge in [-0.1, -0.05) is 12.1 Å². The highest BCUT2D eigenvalue weighted by atomic mass is 19.3. The van der Waals surface area contributed by atoms with Crippen molar-refractivity contribution in [3.63, 3.8) is 0 Å². The first kappa shape index (κ1) is 14.3. The quantitative estimate of drug-likeness (QED) is 0.762. The van der Waals surface area contributed by atoms with Gasteiger partial charge in [0.2, 0.25) is 0 Å². The number of hydrogen-bond donors (Lipinski definition) is 0. The Hall–Kier alpha value is -1.72. The van der Waals surface area contributed by atoms with Crippen LogP contribution in [-0.4, -0.2) is 32.8 Å². The maximum atomic E-state index is 12.4. The van der Waals surface area contributed by atoms with Crippen molar-refractivity contribution >= 4 is 11.7 Å². The van der Waals surface area contributed by atoms with Gasteiger partial charge in [-0.3, -0.25) is 4.79 Å². The van der Waals surface area contributed by atoms with E-state index < -0.39 is 18.8 Å². The maximum absolute atomic E-state index is 12.4. The summed E-state index contributed by atoms with van der Waals surface area (Å²) in [6, 6.07) is 6.85. The summed E-state index contributed by atoms with van der Waals surface area (Å²) in [6.07, 6.45) is -6.41. The molecule has 100 valence electrons. The van der Waals surface area contributed by atoms with Crippen molar-refractivity contribution in [2.45, 2.75) is 19.2 Å². The largest absolute Gasteiger partial charge is 0.424 e. The molecule has 1 aromatic rings. The van der Waals surface area contributed by atoms with Crippen LogP contribution in [0.15, 0.2) is 24.3 Å². The van der Waals surface area contributed by atoms with Gasteiger partial charge in [-0.2, -0.15) is 4.39 Å². The molecule has 0 radical (unpaired) electrons. The molecule has 1 rings (SSSR count). The summed E-state index contributed by atoms with van der Waals surface area (Å²) in [7, 11) is 3.72. The Morgan fingerprint density at radius 2 is 1.78 bits per heavy atom. The van der Waals surface area contributed by atoms with Crippen LogP contribution in [0.25, 0.3) is 0 Å². The fourth-order valence-corrected chi connectivity index (χ4v) is 1.30. The maximum Gasteiger partial charge on any atom is 0.312 e. The summed E-state index contributed by atoms with van der Waals surface area (Å²) in [4.78, 5) is 13.0. The number of benzene rings is 1. The predicted molar refractivity (Wildman–Crippen MR) is 61.5 cm³/mol. The molecule has 1 unspecified atom stereocenters. The molecule has 0 aliphatic rings. The number of anilines is 1. The molecule has 18 heavy (non-hydrogen) atoms. The highest BCUT2D eigenvalue weighted by Crippen LogP contribution is 2.14. The SMILES string of the molecule is CN(C)c1ccc(CC(=O)OC(F)C(F)F)cc1. The Kier molecular flexibility index (Phi) is 5.00. The second-order valence-corrected chi connectivity index (χ2v) is 3.91. The summed E-state index contributed by atoms with van der Waals surface area (Å²) in [6.45, 7) is 0. The van der Waals surface area contributed by atoms with E-state index in [-0.39, 0.29) is 6.42 Å². The molecule has 1 aromatic carbocycles.